The fourth-order valence-electron chi connectivity index (χ4n) is 4.50. The Balaban J connectivity index is 1.49. The number of carbonyl (C=O) groups is 3. The van der Waals surface area contributed by atoms with Gasteiger partial charge in [0, 0.05) is 25.3 Å². The number of amides is 4. The summed E-state index contributed by atoms with van der Waals surface area (Å²) in [6, 6.07) is 7.25. The maximum Gasteiger partial charge on any atom is 0.331 e. The summed E-state index contributed by atoms with van der Waals surface area (Å²) in [5.41, 5.74) is 4.06. The van der Waals surface area contributed by atoms with Crippen molar-refractivity contribution < 1.29 is 14.4 Å². The molecule has 8 nitrogen and oxygen atoms in total. The summed E-state index contributed by atoms with van der Waals surface area (Å²) in [5.74, 6) is -0.423. The first-order valence-electron chi connectivity index (χ1n) is 10.7. The fourth-order valence-corrected chi connectivity index (χ4v) is 5.52. The molecule has 1 saturated heterocycles. The summed E-state index contributed by atoms with van der Waals surface area (Å²) >= 11 is 1.25. The predicted molar refractivity (Wildman–Crippen MR) is 129 cm³/mol. The molecule has 1 atom stereocenters. The number of aryl methyl sites for hydroxylation is 2. The van der Waals surface area contributed by atoms with Crippen LogP contribution in [0.15, 0.2) is 43.1 Å². The molecular formula is C24H23N5O3S. The minimum absolute atomic E-state index is 0.142. The number of hydrogen-bond acceptors (Lipinski definition) is 5. The van der Waals surface area contributed by atoms with Crippen molar-refractivity contribution in [3.63, 3.8) is 0 Å². The van der Waals surface area contributed by atoms with Crippen LogP contribution < -0.4 is 15.5 Å². The van der Waals surface area contributed by atoms with E-state index in [1.54, 1.807) is 22.1 Å². The smallest absolute Gasteiger partial charge is 0.331 e. The van der Waals surface area contributed by atoms with Crippen molar-refractivity contribution in [1.82, 2.24) is 15.2 Å². The van der Waals surface area contributed by atoms with Gasteiger partial charge >= 0.3 is 6.03 Å². The van der Waals surface area contributed by atoms with Crippen LogP contribution in [0.3, 0.4) is 0 Å². The zero-order valence-corrected chi connectivity index (χ0v) is 19.2. The molecule has 33 heavy (non-hydrogen) atoms. The molecule has 0 unspecified atom stereocenters. The number of rotatable bonds is 4. The van der Waals surface area contributed by atoms with Gasteiger partial charge in [-0.15, -0.1) is 11.3 Å². The largest absolute Gasteiger partial charge is 0.347 e. The SMILES string of the molecule is C=CC(=O)N1CC[C@@H](NC(=O)c2sc3nccc4c3c2NC(=O)N4c2ccc(C)cc2C)C1. The number of aromatic nitrogens is 1. The highest BCUT2D eigenvalue weighted by atomic mass is 32.1. The summed E-state index contributed by atoms with van der Waals surface area (Å²) in [4.78, 5) is 47.1. The Morgan fingerprint density at radius 3 is 2.85 bits per heavy atom. The van der Waals surface area contributed by atoms with E-state index < -0.39 is 0 Å². The van der Waals surface area contributed by atoms with Gasteiger partial charge in [0.05, 0.1) is 22.4 Å². The minimum Gasteiger partial charge on any atom is -0.347 e. The molecule has 1 aromatic carbocycles. The van der Waals surface area contributed by atoms with Gasteiger partial charge in [0.2, 0.25) is 5.91 Å². The molecule has 0 aliphatic carbocycles. The Morgan fingerprint density at radius 2 is 2.09 bits per heavy atom. The number of nitrogens with one attached hydrogen (secondary N) is 2. The van der Waals surface area contributed by atoms with Crippen molar-refractivity contribution in [1.29, 1.82) is 0 Å². The molecule has 168 valence electrons. The van der Waals surface area contributed by atoms with Crippen LogP contribution in [0.4, 0.5) is 21.9 Å². The van der Waals surface area contributed by atoms with Gasteiger partial charge in [-0.1, -0.05) is 24.3 Å². The second-order valence-electron chi connectivity index (χ2n) is 8.32. The Morgan fingerprint density at radius 1 is 1.27 bits per heavy atom. The standard InChI is InChI=1S/C24H23N5O3S/c1-4-18(30)28-10-8-15(12-28)26-22(31)21-20-19-17(7-9-25-23(19)33-21)29(24(32)27-20)16-6-5-13(2)11-14(16)3/h4-7,9,11,15H,1,8,10,12H2,2-3H3,(H,26,31)(H,27,32)/t15-/m1/s1. The van der Waals surface area contributed by atoms with E-state index in [9.17, 15) is 14.4 Å². The average molecular weight is 462 g/mol. The average Bonchev–Trinajstić information content (AvgIpc) is 3.40. The van der Waals surface area contributed by atoms with Crippen molar-refractivity contribution in [2.75, 3.05) is 23.3 Å². The summed E-state index contributed by atoms with van der Waals surface area (Å²) in [5, 5.41) is 6.68. The first-order chi connectivity index (χ1) is 15.9. The molecule has 2 aliphatic rings. The van der Waals surface area contributed by atoms with Crippen LogP contribution in [0, 0.1) is 13.8 Å². The third kappa shape index (κ3) is 3.54. The second-order valence-corrected chi connectivity index (χ2v) is 9.32. The third-order valence-corrected chi connectivity index (χ3v) is 7.15. The molecule has 0 bridgehead atoms. The monoisotopic (exact) mass is 461 g/mol. The molecule has 0 radical (unpaired) electrons. The number of anilines is 3. The van der Waals surface area contributed by atoms with Gasteiger partial charge in [0.25, 0.3) is 5.91 Å². The van der Waals surface area contributed by atoms with Gasteiger partial charge in [0.15, 0.2) is 0 Å². The van der Waals surface area contributed by atoms with Crippen LogP contribution >= 0.6 is 11.3 Å². The first kappa shape index (κ1) is 21.1. The maximum absolute atomic E-state index is 13.2. The van der Waals surface area contributed by atoms with Crippen molar-refractivity contribution in [2.24, 2.45) is 0 Å². The zero-order valence-electron chi connectivity index (χ0n) is 18.3. The highest BCUT2D eigenvalue weighted by molar-refractivity contribution is 7.21. The number of likely N-dealkylation sites (tertiary alicyclic amines) is 1. The topological polar surface area (TPSA) is 94.6 Å². The van der Waals surface area contributed by atoms with Crippen LogP contribution in [-0.2, 0) is 4.79 Å². The number of urea groups is 1. The number of benzene rings is 1. The summed E-state index contributed by atoms with van der Waals surface area (Å²) in [6.07, 6.45) is 3.61. The normalized spacial score (nSPS) is 17.3. The van der Waals surface area contributed by atoms with E-state index in [1.807, 2.05) is 32.0 Å². The fraction of sp³-hybridized carbons (Fsp3) is 0.250. The van der Waals surface area contributed by atoms with Crippen LogP contribution in [0.1, 0.15) is 27.2 Å². The zero-order chi connectivity index (χ0) is 23.3. The lowest BCUT2D eigenvalue weighted by Gasteiger charge is -2.29. The molecule has 0 saturated carbocycles. The third-order valence-electron chi connectivity index (χ3n) is 6.06. The van der Waals surface area contributed by atoms with Crippen LogP contribution in [0.5, 0.6) is 0 Å². The van der Waals surface area contributed by atoms with Gasteiger partial charge in [0.1, 0.15) is 9.71 Å². The van der Waals surface area contributed by atoms with Gasteiger partial charge < -0.3 is 15.5 Å². The molecule has 0 spiro atoms. The first-order valence-corrected chi connectivity index (χ1v) is 11.5. The Kier molecular flexibility index (Phi) is 5.13. The maximum atomic E-state index is 13.2. The minimum atomic E-state index is -0.321. The Bertz CT molecular complexity index is 1330. The van der Waals surface area contributed by atoms with Crippen LogP contribution in [0.25, 0.3) is 10.2 Å². The van der Waals surface area contributed by atoms with E-state index >= 15 is 0 Å². The highest BCUT2D eigenvalue weighted by Gasteiger charge is 2.34. The molecule has 4 heterocycles. The summed E-state index contributed by atoms with van der Waals surface area (Å²) in [6.45, 7) is 8.51. The molecule has 4 amide bonds. The molecule has 2 aromatic heterocycles. The van der Waals surface area contributed by atoms with Crippen molar-refractivity contribution in [3.8, 4) is 0 Å². The molecular weight excluding hydrogens is 438 g/mol. The van der Waals surface area contributed by atoms with E-state index in [2.05, 4.69) is 22.2 Å². The molecule has 1 fully saturated rings. The number of carbonyl (C=O) groups excluding carboxylic acids is 3. The van der Waals surface area contributed by atoms with Crippen molar-refractivity contribution >= 4 is 56.5 Å². The number of hydrogen-bond donors (Lipinski definition) is 2. The molecule has 2 N–H and O–H groups in total. The van der Waals surface area contributed by atoms with Gasteiger partial charge in [-0.2, -0.15) is 0 Å². The van der Waals surface area contributed by atoms with E-state index in [0.717, 1.165) is 22.2 Å². The lowest BCUT2D eigenvalue weighted by atomic mass is 10.1. The van der Waals surface area contributed by atoms with E-state index in [4.69, 9.17) is 0 Å². The van der Waals surface area contributed by atoms with E-state index in [1.165, 1.54) is 17.4 Å². The van der Waals surface area contributed by atoms with Gasteiger partial charge in [-0.05, 0) is 44.0 Å². The molecule has 2 aliphatic heterocycles. The van der Waals surface area contributed by atoms with Crippen molar-refractivity contribution in [2.45, 2.75) is 26.3 Å². The van der Waals surface area contributed by atoms with E-state index in [0.29, 0.717) is 40.6 Å². The number of pyridine rings is 1. The lowest BCUT2D eigenvalue weighted by molar-refractivity contribution is -0.125. The lowest BCUT2D eigenvalue weighted by Crippen LogP contribution is -2.39. The van der Waals surface area contributed by atoms with Crippen LogP contribution in [0.2, 0.25) is 0 Å². The Labute approximate surface area is 194 Å². The molecule has 5 rings (SSSR count). The van der Waals surface area contributed by atoms with Gasteiger partial charge in [-0.25, -0.2) is 9.78 Å². The quantitative estimate of drug-likeness (QED) is 0.572. The predicted octanol–water partition coefficient (Wildman–Crippen LogP) is 4.11. The summed E-state index contributed by atoms with van der Waals surface area (Å²) in [7, 11) is 0. The Hall–Kier alpha value is -3.72. The number of nitrogens with zero attached hydrogens (tertiary/aromatic N) is 3. The number of thiophene rings is 1. The molecule has 9 heteroatoms. The van der Waals surface area contributed by atoms with Crippen LogP contribution in [-0.4, -0.2) is 46.9 Å². The summed E-state index contributed by atoms with van der Waals surface area (Å²) < 4.78 is 0. The van der Waals surface area contributed by atoms with Gasteiger partial charge in [-0.3, -0.25) is 14.5 Å². The van der Waals surface area contributed by atoms with E-state index in [-0.39, 0.29) is 23.9 Å². The second kappa shape index (κ2) is 8.00. The van der Waals surface area contributed by atoms with Crippen molar-refractivity contribution in [3.05, 3.63) is 59.1 Å². The highest BCUT2D eigenvalue weighted by Crippen LogP contribution is 2.46. The molecule has 3 aromatic rings.